The van der Waals surface area contributed by atoms with Crippen LogP contribution in [0.4, 0.5) is 0 Å². The Balaban J connectivity index is 3.48. The van der Waals surface area contributed by atoms with Crippen LogP contribution in [0.15, 0.2) is 0 Å². The van der Waals surface area contributed by atoms with Crippen LogP contribution < -0.4 is 5.32 Å². The van der Waals surface area contributed by atoms with E-state index in [2.05, 4.69) is 36.9 Å². The summed E-state index contributed by atoms with van der Waals surface area (Å²) < 4.78 is 0. The third-order valence-corrected chi connectivity index (χ3v) is 2.19. The smallest absolute Gasteiger partial charge is 0.0212 e. The zero-order valence-corrected chi connectivity index (χ0v) is 9.14. The molecule has 1 unspecified atom stereocenters. The van der Waals surface area contributed by atoms with Crippen LogP contribution in [0.25, 0.3) is 0 Å². The molecule has 0 saturated carbocycles. The number of hydrogen-bond acceptors (Lipinski definition) is 2. The highest BCUT2D eigenvalue weighted by Crippen LogP contribution is 1.91. The molecular weight excluding hydrogens is 160 g/mol. The Labute approximate surface area is 82.7 Å². The molecule has 0 radical (unpaired) electrons. The Hall–Kier alpha value is -0.520. The molecule has 1 atom stereocenters. The lowest BCUT2D eigenvalue weighted by atomic mass is 10.3. The first kappa shape index (κ1) is 12.5. The lowest BCUT2D eigenvalue weighted by molar-refractivity contribution is 0.272. The summed E-state index contributed by atoms with van der Waals surface area (Å²) in [5, 5.41) is 3.40. The van der Waals surface area contributed by atoms with Gasteiger partial charge in [0.05, 0.1) is 0 Å². The minimum absolute atomic E-state index is 0.535. The number of likely N-dealkylation sites (N-methyl/N-ethyl adjacent to an activating group) is 1. The van der Waals surface area contributed by atoms with E-state index in [9.17, 15) is 0 Å². The molecule has 2 nitrogen and oxygen atoms in total. The number of nitrogens with one attached hydrogen (secondary N) is 1. The van der Waals surface area contributed by atoms with Gasteiger partial charge in [-0.1, -0.05) is 13.8 Å². The topological polar surface area (TPSA) is 15.3 Å². The molecule has 0 aromatic heterocycles. The molecule has 0 heterocycles. The third kappa shape index (κ3) is 6.62. The summed E-state index contributed by atoms with van der Waals surface area (Å²) in [5.74, 6) is 2.63. The molecule has 0 amide bonds. The molecule has 0 aliphatic carbocycles. The van der Waals surface area contributed by atoms with Gasteiger partial charge in [0, 0.05) is 25.6 Å². The number of terminal acetylenes is 1. The second-order valence-electron chi connectivity index (χ2n) is 3.30. The van der Waals surface area contributed by atoms with E-state index in [1.54, 1.807) is 0 Å². The summed E-state index contributed by atoms with van der Waals surface area (Å²) >= 11 is 0. The number of hydrogen-bond donors (Lipinski definition) is 1. The largest absolute Gasteiger partial charge is 0.312 e. The van der Waals surface area contributed by atoms with Gasteiger partial charge in [-0.25, -0.2) is 0 Å². The summed E-state index contributed by atoms with van der Waals surface area (Å²) in [7, 11) is 0. The normalized spacial score (nSPS) is 12.8. The van der Waals surface area contributed by atoms with Crippen molar-refractivity contribution in [3.8, 4) is 12.3 Å². The van der Waals surface area contributed by atoms with Crippen LogP contribution in [-0.4, -0.2) is 37.1 Å². The highest BCUT2D eigenvalue weighted by Gasteiger charge is 2.04. The first-order valence-corrected chi connectivity index (χ1v) is 5.13. The molecule has 1 N–H and O–H groups in total. The fraction of sp³-hybridized carbons (Fsp3) is 0.818. The monoisotopic (exact) mass is 182 g/mol. The Morgan fingerprint density at radius 2 is 2.00 bits per heavy atom. The Bertz CT molecular complexity index is 145. The Morgan fingerprint density at radius 1 is 1.38 bits per heavy atom. The molecule has 0 bridgehead atoms. The van der Waals surface area contributed by atoms with Crippen molar-refractivity contribution in [2.75, 3.05) is 26.2 Å². The van der Waals surface area contributed by atoms with Crippen LogP contribution in [0.5, 0.6) is 0 Å². The van der Waals surface area contributed by atoms with Crippen LogP contribution in [0.1, 0.15) is 27.2 Å². The summed E-state index contributed by atoms with van der Waals surface area (Å²) in [5.41, 5.74) is 0. The van der Waals surface area contributed by atoms with E-state index in [0.29, 0.717) is 6.04 Å². The molecule has 0 aromatic carbocycles. The van der Waals surface area contributed by atoms with Crippen LogP contribution in [0.3, 0.4) is 0 Å². The zero-order valence-electron chi connectivity index (χ0n) is 9.14. The summed E-state index contributed by atoms with van der Waals surface area (Å²) in [6.45, 7) is 10.9. The Morgan fingerprint density at radius 3 is 2.46 bits per heavy atom. The fourth-order valence-corrected chi connectivity index (χ4v) is 1.32. The van der Waals surface area contributed by atoms with Gasteiger partial charge in [0.25, 0.3) is 0 Å². The predicted molar refractivity (Wildman–Crippen MR) is 58.7 cm³/mol. The van der Waals surface area contributed by atoms with E-state index in [4.69, 9.17) is 6.42 Å². The van der Waals surface area contributed by atoms with Crippen molar-refractivity contribution in [1.82, 2.24) is 10.2 Å². The first-order chi connectivity index (χ1) is 6.24. The summed E-state index contributed by atoms with van der Waals surface area (Å²) in [6.07, 6.45) is 5.99. The molecule has 0 fully saturated rings. The summed E-state index contributed by atoms with van der Waals surface area (Å²) in [4.78, 5) is 2.41. The quantitative estimate of drug-likeness (QED) is 0.472. The molecular formula is C11H22N2. The van der Waals surface area contributed by atoms with Gasteiger partial charge in [-0.2, -0.15) is 0 Å². The van der Waals surface area contributed by atoms with E-state index < -0.39 is 0 Å². The lowest BCUT2D eigenvalue weighted by Gasteiger charge is -2.23. The third-order valence-electron chi connectivity index (χ3n) is 2.19. The van der Waals surface area contributed by atoms with Crippen molar-refractivity contribution in [2.45, 2.75) is 33.2 Å². The number of nitrogens with zero attached hydrogens (tertiary/aromatic N) is 1. The van der Waals surface area contributed by atoms with Crippen LogP contribution in [0.2, 0.25) is 0 Å². The van der Waals surface area contributed by atoms with Crippen molar-refractivity contribution in [2.24, 2.45) is 0 Å². The van der Waals surface area contributed by atoms with E-state index >= 15 is 0 Å². The van der Waals surface area contributed by atoms with Crippen molar-refractivity contribution in [3.63, 3.8) is 0 Å². The standard InChI is InChI=1S/C11H22N2/c1-5-8-9-12-11(4)10-13(6-2)7-3/h1,11-12H,6-10H2,2-4H3. The van der Waals surface area contributed by atoms with Crippen LogP contribution in [-0.2, 0) is 0 Å². The minimum atomic E-state index is 0.535. The SMILES string of the molecule is C#CCCNC(C)CN(CC)CC. The van der Waals surface area contributed by atoms with E-state index in [1.807, 2.05) is 0 Å². The lowest BCUT2D eigenvalue weighted by Crippen LogP contribution is -2.39. The van der Waals surface area contributed by atoms with Crippen molar-refractivity contribution in [1.29, 1.82) is 0 Å². The first-order valence-electron chi connectivity index (χ1n) is 5.13. The Kier molecular flexibility index (Phi) is 7.77. The maximum absolute atomic E-state index is 5.17. The maximum Gasteiger partial charge on any atom is 0.0212 e. The maximum atomic E-state index is 5.17. The molecule has 0 spiro atoms. The molecule has 0 aromatic rings. The number of rotatable bonds is 7. The molecule has 2 heteroatoms. The van der Waals surface area contributed by atoms with Gasteiger partial charge in [0.15, 0.2) is 0 Å². The van der Waals surface area contributed by atoms with E-state index in [0.717, 1.165) is 32.6 Å². The van der Waals surface area contributed by atoms with Gasteiger partial charge in [0.1, 0.15) is 0 Å². The molecule has 0 rings (SSSR count). The average Bonchev–Trinajstić information content (AvgIpc) is 2.14. The van der Waals surface area contributed by atoms with Gasteiger partial charge in [-0.05, 0) is 20.0 Å². The second kappa shape index (κ2) is 8.10. The van der Waals surface area contributed by atoms with Gasteiger partial charge in [0.2, 0.25) is 0 Å². The predicted octanol–water partition coefficient (Wildman–Crippen LogP) is 1.33. The highest BCUT2D eigenvalue weighted by atomic mass is 15.1. The van der Waals surface area contributed by atoms with Crippen molar-refractivity contribution in [3.05, 3.63) is 0 Å². The van der Waals surface area contributed by atoms with Gasteiger partial charge in [-0.3, -0.25) is 0 Å². The minimum Gasteiger partial charge on any atom is -0.312 e. The second-order valence-corrected chi connectivity index (χ2v) is 3.30. The van der Waals surface area contributed by atoms with Crippen molar-refractivity contribution >= 4 is 0 Å². The molecule has 76 valence electrons. The molecule has 13 heavy (non-hydrogen) atoms. The molecule has 0 aliphatic rings. The molecule has 0 aliphatic heterocycles. The average molecular weight is 182 g/mol. The van der Waals surface area contributed by atoms with E-state index in [-0.39, 0.29) is 0 Å². The van der Waals surface area contributed by atoms with Crippen molar-refractivity contribution < 1.29 is 0 Å². The van der Waals surface area contributed by atoms with Crippen LogP contribution in [0, 0.1) is 12.3 Å². The molecule has 0 saturated heterocycles. The van der Waals surface area contributed by atoms with Gasteiger partial charge < -0.3 is 10.2 Å². The van der Waals surface area contributed by atoms with E-state index in [1.165, 1.54) is 0 Å². The zero-order chi connectivity index (χ0) is 10.1. The fourth-order valence-electron chi connectivity index (χ4n) is 1.32. The van der Waals surface area contributed by atoms with Gasteiger partial charge >= 0.3 is 0 Å². The van der Waals surface area contributed by atoms with Gasteiger partial charge in [-0.15, -0.1) is 12.3 Å². The van der Waals surface area contributed by atoms with Crippen LogP contribution >= 0.6 is 0 Å². The summed E-state index contributed by atoms with van der Waals surface area (Å²) in [6, 6.07) is 0.535. The highest BCUT2D eigenvalue weighted by molar-refractivity contribution is 4.84.